The molecular formula is C13H18N2O3. The van der Waals surface area contributed by atoms with Crippen LogP contribution in [-0.4, -0.2) is 22.6 Å². The van der Waals surface area contributed by atoms with Gasteiger partial charge in [0.2, 0.25) is 11.8 Å². The average molecular weight is 250 g/mol. The summed E-state index contributed by atoms with van der Waals surface area (Å²) in [6.45, 7) is 7.74. The van der Waals surface area contributed by atoms with Crippen molar-refractivity contribution in [3.05, 3.63) is 35.3 Å². The van der Waals surface area contributed by atoms with Crippen molar-refractivity contribution in [2.45, 2.75) is 45.4 Å². The first-order valence-corrected chi connectivity index (χ1v) is 6.00. The van der Waals surface area contributed by atoms with Crippen LogP contribution in [0, 0.1) is 5.21 Å². The van der Waals surface area contributed by atoms with Crippen LogP contribution < -0.4 is 4.73 Å². The molecule has 0 unspecified atom stereocenters. The smallest absolute Gasteiger partial charge is 0.411 e. The van der Waals surface area contributed by atoms with E-state index in [0.717, 1.165) is 4.73 Å². The molecule has 0 spiro atoms. The van der Waals surface area contributed by atoms with Crippen LogP contribution in [0.5, 0.6) is 0 Å². The highest BCUT2D eigenvalue weighted by Crippen LogP contribution is 2.35. The molecule has 0 N–H and O–H groups in total. The summed E-state index contributed by atoms with van der Waals surface area (Å²) >= 11 is 0. The third-order valence-corrected chi connectivity index (χ3v) is 3.14. The molecule has 0 bridgehead atoms. The Morgan fingerprint density at radius 2 is 2.06 bits per heavy atom. The van der Waals surface area contributed by atoms with Crippen molar-refractivity contribution >= 4 is 6.09 Å². The van der Waals surface area contributed by atoms with Crippen molar-refractivity contribution in [3.63, 3.8) is 0 Å². The SMILES string of the molecule is C[C@H]1[C@@H](c2cccc[n+]2[O-])OC(=O)N1C(C)(C)C. The molecule has 1 aliphatic rings. The summed E-state index contributed by atoms with van der Waals surface area (Å²) in [4.78, 5) is 13.6. The topological polar surface area (TPSA) is 56.5 Å². The second-order valence-electron chi connectivity index (χ2n) is 5.54. The van der Waals surface area contributed by atoms with Gasteiger partial charge in [0.25, 0.3) is 0 Å². The van der Waals surface area contributed by atoms with Gasteiger partial charge in [-0.2, -0.15) is 4.73 Å². The Kier molecular flexibility index (Phi) is 2.92. The molecule has 1 amide bonds. The molecule has 98 valence electrons. The fourth-order valence-corrected chi connectivity index (χ4v) is 2.42. The summed E-state index contributed by atoms with van der Waals surface area (Å²) in [6, 6.07) is 4.94. The molecule has 1 aromatic rings. The van der Waals surface area contributed by atoms with E-state index in [9.17, 15) is 10.0 Å². The summed E-state index contributed by atoms with van der Waals surface area (Å²) in [5.41, 5.74) is 0.137. The van der Waals surface area contributed by atoms with Crippen LogP contribution in [0.3, 0.4) is 0 Å². The number of carbonyl (C=O) groups excluding carboxylic acids is 1. The maximum atomic E-state index is 11.9. The predicted octanol–water partition coefficient (Wildman–Crippen LogP) is 2.00. The van der Waals surface area contributed by atoms with Crippen molar-refractivity contribution in [3.8, 4) is 0 Å². The van der Waals surface area contributed by atoms with Gasteiger partial charge in [0.05, 0.1) is 6.04 Å². The van der Waals surface area contributed by atoms with Crippen molar-refractivity contribution in [1.82, 2.24) is 4.90 Å². The number of hydrogen-bond acceptors (Lipinski definition) is 3. The largest absolute Gasteiger partial charge is 0.618 e. The van der Waals surface area contributed by atoms with Crippen LogP contribution >= 0.6 is 0 Å². The minimum atomic E-state index is -0.518. The maximum Gasteiger partial charge on any atom is 0.411 e. The lowest BCUT2D eigenvalue weighted by molar-refractivity contribution is -0.618. The van der Waals surface area contributed by atoms with Gasteiger partial charge in [-0.05, 0) is 33.8 Å². The molecular weight excluding hydrogens is 232 g/mol. The first kappa shape index (κ1) is 12.7. The van der Waals surface area contributed by atoms with E-state index in [1.807, 2.05) is 27.7 Å². The third kappa shape index (κ3) is 2.00. The van der Waals surface area contributed by atoms with E-state index in [1.165, 1.54) is 6.20 Å². The second kappa shape index (κ2) is 4.15. The summed E-state index contributed by atoms with van der Waals surface area (Å²) in [7, 11) is 0. The van der Waals surface area contributed by atoms with Crippen LogP contribution in [0.1, 0.15) is 39.5 Å². The maximum absolute atomic E-state index is 11.9. The molecule has 5 heteroatoms. The molecule has 1 aliphatic heterocycles. The number of hydrogen-bond donors (Lipinski definition) is 0. The van der Waals surface area contributed by atoms with E-state index in [2.05, 4.69) is 0 Å². The number of aromatic nitrogens is 1. The van der Waals surface area contributed by atoms with Crippen molar-refractivity contribution in [2.75, 3.05) is 0 Å². The van der Waals surface area contributed by atoms with Gasteiger partial charge in [-0.25, -0.2) is 4.79 Å². The zero-order valence-corrected chi connectivity index (χ0v) is 11.1. The lowest BCUT2D eigenvalue weighted by Gasteiger charge is -2.33. The van der Waals surface area contributed by atoms with Gasteiger partial charge in [-0.15, -0.1) is 0 Å². The van der Waals surface area contributed by atoms with Gasteiger partial charge < -0.3 is 9.94 Å². The lowest BCUT2D eigenvalue weighted by Crippen LogP contribution is -2.47. The zero-order chi connectivity index (χ0) is 13.5. The summed E-state index contributed by atoms with van der Waals surface area (Å²) < 4.78 is 6.10. The predicted molar refractivity (Wildman–Crippen MR) is 65.7 cm³/mol. The molecule has 0 radical (unpaired) electrons. The average Bonchev–Trinajstić information content (AvgIpc) is 2.54. The van der Waals surface area contributed by atoms with E-state index in [4.69, 9.17) is 4.74 Å². The van der Waals surface area contributed by atoms with Gasteiger partial charge in [-0.3, -0.25) is 4.90 Å². The number of pyridine rings is 1. The highest BCUT2D eigenvalue weighted by Gasteiger charge is 2.47. The first-order valence-electron chi connectivity index (χ1n) is 6.00. The minimum absolute atomic E-state index is 0.167. The fraction of sp³-hybridized carbons (Fsp3) is 0.538. The number of rotatable bonds is 1. The highest BCUT2D eigenvalue weighted by atomic mass is 16.6. The molecule has 2 rings (SSSR count). The summed E-state index contributed by atoms with van der Waals surface area (Å²) in [6.07, 6.45) is 0.523. The van der Waals surface area contributed by atoms with Crippen molar-refractivity contribution in [1.29, 1.82) is 0 Å². The number of ether oxygens (including phenoxy) is 1. The van der Waals surface area contributed by atoms with Gasteiger partial charge in [0.15, 0.2) is 6.20 Å². The lowest BCUT2D eigenvalue weighted by atomic mass is 10.0. The van der Waals surface area contributed by atoms with Crippen LogP contribution in [0.2, 0.25) is 0 Å². The van der Waals surface area contributed by atoms with Gasteiger partial charge in [0.1, 0.15) is 0 Å². The van der Waals surface area contributed by atoms with Crippen LogP contribution in [0.15, 0.2) is 24.4 Å². The second-order valence-corrected chi connectivity index (χ2v) is 5.54. The molecule has 5 nitrogen and oxygen atoms in total. The Morgan fingerprint density at radius 3 is 2.56 bits per heavy atom. The number of carbonyl (C=O) groups is 1. The fourth-order valence-electron chi connectivity index (χ4n) is 2.42. The molecule has 18 heavy (non-hydrogen) atoms. The van der Waals surface area contributed by atoms with Crippen LogP contribution in [0.25, 0.3) is 0 Å². The molecule has 2 atom stereocenters. The minimum Gasteiger partial charge on any atom is -0.618 e. The summed E-state index contributed by atoms with van der Waals surface area (Å²) in [5, 5.41) is 11.7. The standard InChI is InChI=1S/C13H18N2O3/c1-9-11(10-7-5-6-8-14(10)17)18-12(16)15(9)13(2,3)4/h5-9,11H,1-4H3/t9-,11-/m0/s1. The highest BCUT2D eigenvalue weighted by molar-refractivity contribution is 5.71. The number of nitrogens with zero attached hydrogens (tertiary/aromatic N) is 2. The van der Waals surface area contributed by atoms with Gasteiger partial charge in [-0.1, -0.05) is 0 Å². The van der Waals surface area contributed by atoms with E-state index >= 15 is 0 Å². The van der Waals surface area contributed by atoms with E-state index in [1.54, 1.807) is 23.1 Å². The van der Waals surface area contributed by atoms with Gasteiger partial charge >= 0.3 is 6.09 Å². The molecule has 0 aromatic carbocycles. The van der Waals surface area contributed by atoms with E-state index in [0.29, 0.717) is 5.69 Å². The Labute approximate surface area is 107 Å². The van der Waals surface area contributed by atoms with Crippen molar-refractivity contribution < 1.29 is 14.3 Å². The van der Waals surface area contributed by atoms with Gasteiger partial charge in [0, 0.05) is 17.7 Å². The Bertz CT molecular complexity index is 468. The third-order valence-electron chi connectivity index (χ3n) is 3.14. The number of amides is 1. The molecule has 0 saturated carbocycles. The Balaban J connectivity index is 2.34. The Hall–Kier alpha value is -1.78. The van der Waals surface area contributed by atoms with E-state index < -0.39 is 6.10 Å². The molecule has 1 aromatic heterocycles. The first-order chi connectivity index (χ1) is 8.32. The molecule has 2 heterocycles. The molecule has 0 aliphatic carbocycles. The van der Waals surface area contributed by atoms with Crippen LogP contribution in [-0.2, 0) is 4.74 Å². The summed E-state index contributed by atoms with van der Waals surface area (Å²) in [5.74, 6) is 0. The van der Waals surface area contributed by atoms with Crippen molar-refractivity contribution in [2.24, 2.45) is 0 Å². The monoisotopic (exact) mass is 250 g/mol. The molecule has 1 fully saturated rings. The quantitative estimate of drug-likeness (QED) is 0.566. The molecule has 1 saturated heterocycles. The van der Waals surface area contributed by atoms with Crippen LogP contribution in [0.4, 0.5) is 4.79 Å². The number of cyclic esters (lactones) is 1. The normalized spacial score (nSPS) is 24.2. The zero-order valence-electron chi connectivity index (χ0n) is 11.1. The van der Waals surface area contributed by atoms with E-state index in [-0.39, 0.29) is 17.7 Å². The Morgan fingerprint density at radius 1 is 1.39 bits per heavy atom.